The van der Waals surface area contributed by atoms with E-state index in [9.17, 15) is 5.11 Å². The molecule has 2 unspecified atom stereocenters. The van der Waals surface area contributed by atoms with Crippen LogP contribution in [0.4, 0.5) is 5.82 Å². The third-order valence-electron chi connectivity index (χ3n) is 4.33. The average Bonchev–Trinajstić information content (AvgIpc) is 2.88. The molecule has 0 radical (unpaired) electrons. The molecule has 1 fully saturated rings. The Hall–Kier alpha value is -1.69. The number of aliphatic hydroxyl groups is 1. The maximum atomic E-state index is 10.2. The van der Waals surface area contributed by atoms with Gasteiger partial charge in [0.25, 0.3) is 5.78 Å². The zero-order valence-corrected chi connectivity index (χ0v) is 12.0. The van der Waals surface area contributed by atoms with Crippen LogP contribution >= 0.6 is 0 Å². The minimum atomic E-state index is -0.238. The van der Waals surface area contributed by atoms with Gasteiger partial charge in [0.1, 0.15) is 12.1 Å². The number of hydrogen-bond donors (Lipinski definition) is 2. The summed E-state index contributed by atoms with van der Waals surface area (Å²) in [7, 11) is 0. The number of nitrogens with one attached hydrogen (secondary N) is 1. The number of nitrogens with zero attached hydrogens (tertiary/aromatic N) is 4. The fraction of sp³-hybridized carbons (Fsp3) is 0.643. The number of hydrogen-bond acceptors (Lipinski definition) is 5. The number of rotatable bonds is 3. The summed E-state index contributed by atoms with van der Waals surface area (Å²) in [6.07, 6.45) is 5.52. The highest BCUT2D eigenvalue weighted by Crippen LogP contribution is 2.36. The Labute approximate surface area is 118 Å². The average molecular weight is 275 g/mol. The highest BCUT2D eigenvalue weighted by atomic mass is 16.3. The van der Waals surface area contributed by atoms with E-state index >= 15 is 0 Å². The third kappa shape index (κ3) is 2.35. The van der Waals surface area contributed by atoms with E-state index in [1.54, 1.807) is 4.52 Å². The topological polar surface area (TPSA) is 75.3 Å². The molecule has 2 N–H and O–H groups in total. The van der Waals surface area contributed by atoms with Crippen LogP contribution in [0.2, 0.25) is 0 Å². The lowest BCUT2D eigenvalue weighted by molar-refractivity contribution is 0.00956. The van der Waals surface area contributed by atoms with Crippen molar-refractivity contribution in [2.75, 3.05) is 11.9 Å². The van der Waals surface area contributed by atoms with E-state index in [-0.39, 0.29) is 11.5 Å². The Morgan fingerprint density at radius 1 is 1.50 bits per heavy atom. The molecule has 0 spiro atoms. The second-order valence-electron chi connectivity index (χ2n) is 6.02. The van der Waals surface area contributed by atoms with Gasteiger partial charge in [-0.15, -0.1) is 0 Å². The number of fused-ring (bicyclic) bond motifs is 1. The first-order chi connectivity index (χ1) is 9.58. The Kier molecular flexibility index (Phi) is 3.33. The second-order valence-corrected chi connectivity index (χ2v) is 6.02. The van der Waals surface area contributed by atoms with E-state index in [1.165, 1.54) is 12.7 Å². The molecule has 0 saturated heterocycles. The molecule has 1 aliphatic rings. The first-order valence-corrected chi connectivity index (χ1v) is 7.18. The Morgan fingerprint density at radius 3 is 3.15 bits per heavy atom. The Bertz CT molecular complexity index is 611. The SMILES string of the molecule is Cc1cc(NCC2(C)CCCCC2O)n2ncnc2n1. The largest absolute Gasteiger partial charge is 0.392 e. The summed E-state index contributed by atoms with van der Waals surface area (Å²) in [6, 6.07) is 1.96. The van der Waals surface area contributed by atoms with Crippen molar-refractivity contribution >= 4 is 11.6 Å². The third-order valence-corrected chi connectivity index (χ3v) is 4.33. The molecule has 1 saturated carbocycles. The van der Waals surface area contributed by atoms with Crippen molar-refractivity contribution < 1.29 is 5.11 Å². The standard InChI is InChI=1S/C14H21N5O/c1-10-7-12(19-13(18-10)16-9-17-19)15-8-14(2)6-4-3-5-11(14)20/h7,9,11,15,20H,3-6,8H2,1-2H3. The second kappa shape index (κ2) is 5.01. The van der Waals surface area contributed by atoms with Crippen LogP contribution in [0.3, 0.4) is 0 Å². The first-order valence-electron chi connectivity index (χ1n) is 7.18. The molecule has 2 aromatic rings. The van der Waals surface area contributed by atoms with Crippen LogP contribution in [0.1, 0.15) is 38.3 Å². The molecule has 0 aliphatic heterocycles. The molecule has 108 valence electrons. The fourth-order valence-corrected chi connectivity index (χ4v) is 2.94. The van der Waals surface area contributed by atoms with Crippen molar-refractivity contribution in [1.82, 2.24) is 19.6 Å². The molecule has 0 amide bonds. The first kappa shape index (κ1) is 13.3. The highest BCUT2D eigenvalue weighted by molar-refractivity contribution is 5.44. The number of aromatic nitrogens is 4. The van der Waals surface area contributed by atoms with Gasteiger partial charge in [0, 0.05) is 23.7 Å². The van der Waals surface area contributed by atoms with Gasteiger partial charge in [0.2, 0.25) is 0 Å². The van der Waals surface area contributed by atoms with Crippen molar-refractivity contribution in [2.45, 2.75) is 45.6 Å². The van der Waals surface area contributed by atoms with Crippen molar-refractivity contribution in [3.05, 3.63) is 18.1 Å². The lowest BCUT2D eigenvalue weighted by Gasteiger charge is -2.38. The van der Waals surface area contributed by atoms with Crippen molar-refractivity contribution in [1.29, 1.82) is 0 Å². The molecule has 0 aromatic carbocycles. The van der Waals surface area contributed by atoms with Gasteiger partial charge >= 0.3 is 0 Å². The molecular formula is C14H21N5O. The summed E-state index contributed by atoms with van der Waals surface area (Å²) in [5.74, 6) is 1.48. The van der Waals surface area contributed by atoms with Crippen LogP contribution in [0, 0.1) is 12.3 Å². The van der Waals surface area contributed by atoms with Crippen LogP contribution in [-0.2, 0) is 0 Å². The van der Waals surface area contributed by atoms with Gasteiger partial charge in [-0.2, -0.15) is 14.6 Å². The number of aliphatic hydroxyl groups excluding tert-OH is 1. The zero-order chi connectivity index (χ0) is 14.2. The lowest BCUT2D eigenvalue weighted by Crippen LogP contribution is -2.41. The van der Waals surface area contributed by atoms with Crippen molar-refractivity contribution in [3.8, 4) is 0 Å². The summed E-state index contributed by atoms with van der Waals surface area (Å²) < 4.78 is 1.70. The minimum Gasteiger partial charge on any atom is -0.392 e. The van der Waals surface area contributed by atoms with Gasteiger partial charge in [0.15, 0.2) is 0 Å². The van der Waals surface area contributed by atoms with Crippen molar-refractivity contribution in [3.63, 3.8) is 0 Å². The van der Waals surface area contributed by atoms with Gasteiger partial charge in [-0.3, -0.25) is 0 Å². The Balaban J connectivity index is 1.81. The predicted molar refractivity (Wildman–Crippen MR) is 76.6 cm³/mol. The molecule has 2 aromatic heterocycles. The van der Waals surface area contributed by atoms with E-state index in [4.69, 9.17) is 0 Å². The van der Waals surface area contributed by atoms with Gasteiger partial charge in [-0.25, -0.2) is 4.98 Å². The fourth-order valence-electron chi connectivity index (χ4n) is 2.94. The summed E-state index contributed by atoms with van der Waals surface area (Å²) >= 11 is 0. The molecule has 20 heavy (non-hydrogen) atoms. The van der Waals surface area contributed by atoms with E-state index in [1.807, 2.05) is 13.0 Å². The predicted octanol–water partition coefficient (Wildman–Crippen LogP) is 1.79. The number of aryl methyl sites for hydroxylation is 1. The summed E-state index contributed by atoms with van der Waals surface area (Å²) in [4.78, 5) is 8.44. The van der Waals surface area contributed by atoms with Crippen LogP contribution in [0.5, 0.6) is 0 Å². The van der Waals surface area contributed by atoms with E-state index in [0.29, 0.717) is 5.78 Å². The lowest BCUT2D eigenvalue weighted by atomic mass is 9.73. The minimum absolute atomic E-state index is 0.0810. The number of anilines is 1. The van der Waals surface area contributed by atoms with Gasteiger partial charge in [-0.1, -0.05) is 19.8 Å². The zero-order valence-electron chi connectivity index (χ0n) is 12.0. The van der Waals surface area contributed by atoms with Gasteiger partial charge in [0.05, 0.1) is 6.10 Å². The van der Waals surface area contributed by atoms with Gasteiger partial charge in [-0.05, 0) is 19.8 Å². The summed E-state index contributed by atoms with van der Waals surface area (Å²) in [5.41, 5.74) is 0.824. The van der Waals surface area contributed by atoms with Crippen LogP contribution in [0.25, 0.3) is 5.78 Å². The quantitative estimate of drug-likeness (QED) is 0.893. The molecule has 0 bridgehead atoms. The maximum Gasteiger partial charge on any atom is 0.254 e. The highest BCUT2D eigenvalue weighted by Gasteiger charge is 2.35. The molecule has 1 aliphatic carbocycles. The monoisotopic (exact) mass is 275 g/mol. The molecule has 6 heteroatoms. The van der Waals surface area contributed by atoms with Crippen LogP contribution in [0.15, 0.2) is 12.4 Å². The summed E-state index contributed by atoms with van der Waals surface area (Å²) in [6.45, 7) is 4.82. The molecule has 3 rings (SSSR count). The smallest absolute Gasteiger partial charge is 0.254 e. The van der Waals surface area contributed by atoms with E-state index < -0.39 is 0 Å². The van der Waals surface area contributed by atoms with Crippen LogP contribution in [-0.4, -0.2) is 37.3 Å². The molecule has 2 heterocycles. The summed E-state index contributed by atoms with van der Waals surface area (Å²) in [5, 5.41) is 17.8. The van der Waals surface area contributed by atoms with Crippen LogP contribution < -0.4 is 5.32 Å². The molecular weight excluding hydrogens is 254 g/mol. The normalized spacial score (nSPS) is 26.9. The van der Waals surface area contributed by atoms with Crippen molar-refractivity contribution in [2.24, 2.45) is 5.41 Å². The molecule has 2 atom stereocenters. The Morgan fingerprint density at radius 2 is 2.35 bits per heavy atom. The van der Waals surface area contributed by atoms with Gasteiger partial charge < -0.3 is 10.4 Å². The maximum absolute atomic E-state index is 10.2. The van der Waals surface area contributed by atoms with E-state index in [0.717, 1.165) is 37.3 Å². The van der Waals surface area contributed by atoms with E-state index in [2.05, 4.69) is 27.3 Å². The molecule has 6 nitrogen and oxygen atoms in total.